The molecule has 1 aromatic carbocycles. The first kappa shape index (κ1) is 36.5. The highest BCUT2D eigenvalue weighted by Gasteiger charge is 2.48. The van der Waals surface area contributed by atoms with Gasteiger partial charge < -0.3 is 31.3 Å². The third-order valence-electron chi connectivity index (χ3n) is 9.14. The first-order chi connectivity index (χ1) is 21.4. The monoisotopic (exact) mass is 641 g/mol. The lowest BCUT2D eigenvalue weighted by atomic mass is 9.79. The molecule has 12 heteroatoms. The van der Waals surface area contributed by atoms with Crippen molar-refractivity contribution in [1.82, 2.24) is 20.9 Å². The molecule has 1 saturated heterocycles. The lowest BCUT2D eigenvalue weighted by Gasteiger charge is -2.36. The minimum Gasteiger partial charge on any atom is -0.456 e. The molecular weight excluding hydrogens is 590 g/mol. The van der Waals surface area contributed by atoms with E-state index in [-0.39, 0.29) is 23.8 Å². The van der Waals surface area contributed by atoms with Crippen molar-refractivity contribution in [2.24, 2.45) is 28.4 Å². The van der Waals surface area contributed by atoms with Gasteiger partial charge in [0, 0.05) is 6.54 Å². The summed E-state index contributed by atoms with van der Waals surface area (Å²) in [5.41, 5.74) is 5.09. The van der Waals surface area contributed by atoms with Gasteiger partial charge in [0.25, 0.3) is 5.91 Å². The predicted octanol–water partition coefficient (Wildman–Crippen LogP) is 3.00. The molecule has 1 heterocycles. The van der Waals surface area contributed by atoms with Gasteiger partial charge in [0.1, 0.15) is 24.7 Å². The molecule has 0 spiro atoms. The molecule has 5 amide bonds. The zero-order chi connectivity index (χ0) is 34.4. The van der Waals surface area contributed by atoms with Crippen LogP contribution in [0.3, 0.4) is 0 Å². The van der Waals surface area contributed by atoms with Crippen LogP contribution in [0.25, 0.3) is 0 Å². The molecule has 3 rings (SSSR count). The number of urea groups is 1. The molecule has 1 aliphatic carbocycles. The minimum absolute atomic E-state index is 0.0556. The highest BCUT2D eigenvalue weighted by Crippen LogP contribution is 2.38. The second-order valence-corrected chi connectivity index (χ2v) is 14.8. The second kappa shape index (κ2) is 15.1. The van der Waals surface area contributed by atoms with Crippen LogP contribution in [-0.4, -0.2) is 71.6 Å². The zero-order valence-corrected chi connectivity index (χ0v) is 28.2. The van der Waals surface area contributed by atoms with E-state index in [0.717, 1.165) is 24.8 Å². The van der Waals surface area contributed by atoms with Gasteiger partial charge in [-0.15, -0.1) is 0 Å². The van der Waals surface area contributed by atoms with Gasteiger partial charge >= 0.3 is 12.0 Å². The number of esters is 1. The van der Waals surface area contributed by atoms with E-state index in [0.29, 0.717) is 12.8 Å². The van der Waals surface area contributed by atoms with E-state index in [9.17, 15) is 28.8 Å². The summed E-state index contributed by atoms with van der Waals surface area (Å²) in [6, 6.07) is 5.41. The number of hydrogen-bond acceptors (Lipinski definition) is 7. The van der Waals surface area contributed by atoms with E-state index >= 15 is 0 Å². The molecule has 46 heavy (non-hydrogen) atoms. The molecule has 0 radical (unpaired) electrons. The predicted molar refractivity (Wildman–Crippen MR) is 172 cm³/mol. The van der Waals surface area contributed by atoms with Gasteiger partial charge in [0.2, 0.25) is 17.6 Å². The van der Waals surface area contributed by atoms with Gasteiger partial charge in [-0.25, -0.2) is 4.79 Å². The minimum atomic E-state index is -1.11. The van der Waals surface area contributed by atoms with Crippen molar-refractivity contribution in [2.45, 2.75) is 105 Å². The van der Waals surface area contributed by atoms with E-state index in [1.54, 1.807) is 27.7 Å². The first-order valence-electron chi connectivity index (χ1n) is 16.1. The summed E-state index contributed by atoms with van der Waals surface area (Å²) in [6.45, 7) is 13.0. The molecule has 2 fully saturated rings. The normalized spacial score (nSPS) is 20.5. The standard InChI is InChI=1S/C34H51N5O7/c1-20(22-14-9-8-10-15-22)46-26(40)18-36-32(45)38-28(34(5,6)7)31(44)39-19-23(33(2,3)4)17-25(39)30(43)37-24(27(41)29(35)42)16-21-12-11-13-21/h8-10,14-15,20-21,23-25,28H,11-13,16-19H2,1-7H3,(H2,35,42)(H,37,43)(H2,36,38,45)/t20?,23-,24?,25?,28?/m1/s1. The Balaban J connectivity index is 1.73. The van der Waals surface area contributed by atoms with Crippen LogP contribution in [0.4, 0.5) is 4.79 Å². The molecule has 5 atom stereocenters. The number of ketones is 1. The van der Waals surface area contributed by atoms with Crippen molar-refractivity contribution in [3.05, 3.63) is 35.9 Å². The number of nitrogens with zero attached hydrogens (tertiary/aromatic N) is 1. The van der Waals surface area contributed by atoms with Gasteiger partial charge in [0.15, 0.2) is 0 Å². The van der Waals surface area contributed by atoms with Crippen molar-refractivity contribution >= 4 is 35.5 Å². The number of rotatable bonds is 12. The lowest BCUT2D eigenvalue weighted by Crippen LogP contribution is -2.60. The zero-order valence-electron chi connectivity index (χ0n) is 28.2. The van der Waals surface area contributed by atoms with E-state index < -0.39 is 71.7 Å². The summed E-state index contributed by atoms with van der Waals surface area (Å²) < 4.78 is 5.42. The Morgan fingerprint density at radius 1 is 0.978 bits per heavy atom. The van der Waals surface area contributed by atoms with Crippen molar-refractivity contribution in [1.29, 1.82) is 0 Å². The van der Waals surface area contributed by atoms with Crippen molar-refractivity contribution in [2.75, 3.05) is 13.1 Å². The summed E-state index contributed by atoms with van der Waals surface area (Å²) in [5, 5.41) is 7.92. The van der Waals surface area contributed by atoms with E-state index in [1.807, 2.05) is 51.1 Å². The number of ether oxygens (including phenoxy) is 1. The number of benzene rings is 1. The number of nitrogens with one attached hydrogen (secondary N) is 3. The Labute approximate surface area is 271 Å². The van der Waals surface area contributed by atoms with Crippen LogP contribution < -0.4 is 21.7 Å². The van der Waals surface area contributed by atoms with Gasteiger partial charge in [0.05, 0.1) is 6.04 Å². The van der Waals surface area contributed by atoms with Crippen LogP contribution in [0, 0.1) is 22.7 Å². The largest absolute Gasteiger partial charge is 0.456 e. The number of carbonyl (C=O) groups excluding carboxylic acids is 6. The topological polar surface area (TPSA) is 177 Å². The molecule has 1 saturated carbocycles. The highest BCUT2D eigenvalue weighted by atomic mass is 16.5. The van der Waals surface area contributed by atoms with Crippen molar-refractivity contribution in [3.8, 4) is 0 Å². The van der Waals surface area contributed by atoms with E-state index in [2.05, 4.69) is 16.0 Å². The summed E-state index contributed by atoms with van der Waals surface area (Å²) in [6.07, 6.45) is 2.98. The molecule has 1 aliphatic heterocycles. The number of likely N-dealkylation sites (tertiary alicyclic amines) is 1. The molecular formula is C34H51N5O7. The fourth-order valence-corrected chi connectivity index (χ4v) is 5.87. The third kappa shape index (κ3) is 9.77. The molecule has 0 bridgehead atoms. The average molecular weight is 642 g/mol. The fraction of sp³-hybridized carbons (Fsp3) is 0.647. The Kier molecular flexibility index (Phi) is 12.0. The molecule has 4 unspecified atom stereocenters. The van der Waals surface area contributed by atoms with Crippen LogP contribution in [0.5, 0.6) is 0 Å². The van der Waals surface area contributed by atoms with Gasteiger partial charge in [-0.3, -0.25) is 24.0 Å². The maximum Gasteiger partial charge on any atom is 0.326 e. The van der Waals surface area contributed by atoms with Crippen LogP contribution in [0.2, 0.25) is 0 Å². The SMILES string of the molecule is CC(OC(=O)CNC(=O)NC(C(=O)N1C[C@H](C(C)(C)C)CC1C(=O)NC(CC1CCC1)C(=O)C(N)=O)C(C)(C)C)c1ccccc1. The maximum atomic E-state index is 14.2. The van der Waals surface area contributed by atoms with Crippen LogP contribution in [-0.2, 0) is 28.7 Å². The fourth-order valence-electron chi connectivity index (χ4n) is 5.87. The van der Waals surface area contributed by atoms with Crippen LogP contribution >= 0.6 is 0 Å². The third-order valence-corrected chi connectivity index (χ3v) is 9.14. The quantitative estimate of drug-likeness (QED) is 0.200. The number of hydrogen-bond donors (Lipinski definition) is 4. The van der Waals surface area contributed by atoms with E-state index in [1.165, 1.54) is 4.90 Å². The molecule has 1 aromatic rings. The Bertz CT molecular complexity index is 1280. The number of primary amides is 1. The average Bonchev–Trinajstić information content (AvgIpc) is 3.41. The maximum absolute atomic E-state index is 14.2. The Hall–Kier alpha value is -3.96. The Morgan fingerprint density at radius 2 is 1.61 bits per heavy atom. The van der Waals surface area contributed by atoms with Crippen LogP contribution in [0.15, 0.2) is 30.3 Å². The smallest absolute Gasteiger partial charge is 0.326 e. The highest BCUT2D eigenvalue weighted by molar-refractivity contribution is 6.37. The van der Waals surface area contributed by atoms with Crippen molar-refractivity contribution < 1.29 is 33.5 Å². The summed E-state index contributed by atoms with van der Waals surface area (Å²) in [4.78, 5) is 79.3. The van der Waals surface area contributed by atoms with Crippen LogP contribution in [0.1, 0.15) is 92.2 Å². The second-order valence-electron chi connectivity index (χ2n) is 14.8. The molecule has 0 aromatic heterocycles. The first-order valence-corrected chi connectivity index (χ1v) is 16.1. The number of Topliss-reactive ketones (excluding diaryl/α,β-unsaturated/α-hetero) is 1. The number of carbonyl (C=O) groups is 6. The molecule has 5 N–H and O–H groups in total. The number of nitrogens with two attached hydrogens (primary N) is 1. The summed E-state index contributed by atoms with van der Waals surface area (Å²) >= 11 is 0. The number of amides is 5. The summed E-state index contributed by atoms with van der Waals surface area (Å²) in [5.74, 6) is -3.46. The van der Waals surface area contributed by atoms with Gasteiger partial charge in [-0.1, -0.05) is 91.1 Å². The molecule has 12 nitrogen and oxygen atoms in total. The molecule has 254 valence electrons. The molecule has 2 aliphatic rings. The van der Waals surface area contributed by atoms with Gasteiger partial charge in [-0.05, 0) is 48.0 Å². The Morgan fingerprint density at radius 3 is 2.13 bits per heavy atom. The van der Waals surface area contributed by atoms with Crippen molar-refractivity contribution in [3.63, 3.8) is 0 Å². The summed E-state index contributed by atoms with van der Waals surface area (Å²) in [7, 11) is 0. The lowest BCUT2D eigenvalue weighted by molar-refractivity contribution is -0.147. The van der Waals surface area contributed by atoms with Gasteiger partial charge in [-0.2, -0.15) is 0 Å². The van der Waals surface area contributed by atoms with E-state index in [4.69, 9.17) is 10.5 Å².